The zero-order valence-electron chi connectivity index (χ0n) is 14.3. The van der Waals surface area contributed by atoms with Gasteiger partial charge < -0.3 is 19.7 Å². The predicted octanol–water partition coefficient (Wildman–Crippen LogP) is 2.71. The number of morpholine rings is 1. The molecule has 0 bridgehead atoms. The van der Waals surface area contributed by atoms with Crippen LogP contribution in [0.4, 0.5) is 5.69 Å². The Bertz CT molecular complexity index is 797. The van der Waals surface area contributed by atoms with Gasteiger partial charge in [0.05, 0.1) is 18.7 Å². The maximum Gasteiger partial charge on any atom is 0.249 e. The molecular formula is C19H19ClN2O4. The average Bonchev–Trinajstić information content (AvgIpc) is 2.64. The van der Waals surface area contributed by atoms with Gasteiger partial charge in [0.15, 0.2) is 0 Å². The van der Waals surface area contributed by atoms with Gasteiger partial charge in [-0.1, -0.05) is 41.9 Å². The summed E-state index contributed by atoms with van der Waals surface area (Å²) in [5.74, 6) is -0.0187. The van der Waals surface area contributed by atoms with E-state index >= 15 is 0 Å². The first-order valence-electron chi connectivity index (χ1n) is 8.14. The maximum absolute atomic E-state index is 12.7. The molecule has 26 heavy (non-hydrogen) atoms. The van der Waals surface area contributed by atoms with Crippen molar-refractivity contribution in [1.82, 2.24) is 4.90 Å². The number of nitrogens with one attached hydrogen (secondary N) is 1. The van der Waals surface area contributed by atoms with E-state index in [1.54, 1.807) is 23.1 Å². The molecule has 136 valence electrons. The first-order chi connectivity index (χ1) is 12.6. The summed E-state index contributed by atoms with van der Waals surface area (Å²) in [5.41, 5.74) is 1.48. The Hall–Kier alpha value is -2.57. The lowest BCUT2D eigenvalue weighted by molar-refractivity contribution is -0.154. The van der Waals surface area contributed by atoms with Crippen LogP contribution in [-0.2, 0) is 20.9 Å². The number of amides is 2. The molecule has 1 N–H and O–H groups in total. The van der Waals surface area contributed by atoms with Crippen LogP contribution in [0.25, 0.3) is 0 Å². The van der Waals surface area contributed by atoms with Gasteiger partial charge in [0.2, 0.25) is 11.8 Å². The Balaban J connectivity index is 1.75. The van der Waals surface area contributed by atoms with E-state index in [4.69, 9.17) is 21.1 Å². The van der Waals surface area contributed by atoms with Crippen LogP contribution >= 0.6 is 11.6 Å². The molecule has 0 saturated carbocycles. The van der Waals surface area contributed by atoms with E-state index in [-0.39, 0.29) is 25.0 Å². The number of ether oxygens (including phenoxy) is 2. The first kappa shape index (κ1) is 18.2. The number of nitrogens with zero attached hydrogens (tertiary/aromatic N) is 1. The Labute approximate surface area is 156 Å². The van der Waals surface area contributed by atoms with E-state index in [0.717, 1.165) is 5.56 Å². The van der Waals surface area contributed by atoms with Crippen LogP contribution in [-0.4, -0.2) is 43.1 Å². The van der Waals surface area contributed by atoms with Crippen LogP contribution in [0.2, 0.25) is 5.02 Å². The van der Waals surface area contributed by atoms with Gasteiger partial charge in [-0.05, 0) is 23.8 Å². The molecule has 2 aromatic rings. The zero-order valence-corrected chi connectivity index (χ0v) is 15.0. The molecule has 2 aromatic carbocycles. The summed E-state index contributed by atoms with van der Waals surface area (Å²) in [6.45, 7) is 0.476. The molecule has 1 unspecified atom stereocenters. The van der Waals surface area contributed by atoms with Crippen LogP contribution in [0.15, 0.2) is 48.5 Å². The lowest BCUT2D eigenvalue weighted by Crippen LogP contribution is -2.54. The van der Waals surface area contributed by atoms with Gasteiger partial charge in [0.25, 0.3) is 0 Å². The van der Waals surface area contributed by atoms with Crippen molar-refractivity contribution < 1.29 is 19.1 Å². The van der Waals surface area contributed by atoms with E-state index in [1.807, 2.05) is 30.3 Å². The molecule has 0 aliphatic carbocycles. The van der Waals surface area contributed by atoms with Gasteiger partial charge in [0, 0.05) is 12.2 Å². The lowest BCUT2D eigenvalue weighted by Gasteiger charge is -2.34. The molecular weight excluding hydrogens is 356 g/mol. The number of methoxy groups -OCH3 is 1. The molecule has 0 aromatic heterocycles. The molecule has 1 fully saturated rings. The third kappa shape index (κ3) is 4.15. The topological polar surface area (TPSA) is 67.9 Å². The van der Waals surface area contributed by atoms with Crippen LogP contribution in [0.3, 0.4) is 0 Å². The molecule has 0 spiro atoms. The standard InChI is InChI=1S/C19H19ClN2O4/c1-25-17-8-7-14(9-15(17)20)21-19(24)16-11-26-12-18(23)22(16)10-13-5-3-2-4-6-13/h2-9,16H,10-12H2,1H3,(H,21,24). The van der Waals surface area contributed by atoms with Crippen molar-refractivity contribution >= 4 is 29.1 Å². The highest BCUT2D eigenvalue weighted by Gasteiger charge is 2.34. The molecule has 3 rings (SSSR count). The summed E-state index contributed by atoms with van der Waals surface area (Å²) < 4.78 is 10.4. The van der Waals surface area contributed by atoms with E-state index in [2.05, 4.69) is 5.32 Å². The fraction of sp³-hybridized carbons (Fsp3) is 0.263. The number of benzene rings is 2. The van der Waals surface area contributed by atoms with E-state index in [9.17, 15) is 9.59 Å². The van der Waals surface area contributed by atoms with Crippen LogP contribution in [0.1, 0.15) is 5.56 Å². The number of hydrogen-bond donors (Lipinski definition) is 1. The second-order valence-electron chi connectivity index (χ2n) is 5.88. The number of carbonyl (C=O) groups excluding carboxylic acids is 2. The average molecular weight is 375 g/mol. The highest BCUT2D eigenvalue weighted by molar-refractivity contribution is 6.32. The minimum Gasteiger partial charge on any atom is -0.495 e. The van der Waals surface area contributed by atoms with Gasteiger partial charge in [-0.2, -0.15) is 0 Å². The fourth-order valence-corrected chi connectivity index (χ4v) is 3.03. The molecule has 2 amide bonds. The molecule has 0 radical (unpaired) electrons. The van der Waals surface area contributed by atoms with Crippen LogP contribution in [0.5, 0.6) is 5.75 Å². The van der Waals surface area contributed by atoms with Crippen molar-refractivity contribution in [3.63, 3.8) is 0 Å². The monoisotopic (exact) mass is 374 g/mol. The number of rotatable bonds is 5. The quantitative estimate of drug-likeness (QED) is 0.873. The molecule has 1 aliphatic heterocycles. The Morgan fingerprint density at radius 3 is 2.77 bits per heavy atom. The summed E-state index contributed by atoms with van der Waals surface area (Å²) in [4.78, 5) is 26.5. The van der Waals surface area contributed by atoms with Gasteiger partial charge in [-0.25, -0.2) is 0 Å². The fourth-order valence-electron chi connectivity index (χ4n) is 2.77. The predicted molar refractivity (Wildman–Crippen MR) is 98.2 cm³/mol. The van der Waals surface area contributed by atoms with E-state index in [1.165, 1.54) is 7.11 Å². The first-order valence-corrected chi connectivity index (χ1v) is 8.52. The second kappa shape index (κ2) is 8.21. The third-order valence-electron chi connectivity index (χ3n) is 4.12. The number of anilines is 1. The largest absolute Gasteiger partial charge is 0.495 e. The van der Waals surface area contributed by atoms with Crippen molar-refractivity contribution in [2.24, 2.45) is 0 Å². The minimum absolute atomic E-state index is 0.0228. The number of carbonyl (C=O) groups is 2. The van der Waals surface area contributed by atoms with Crippen molar-refractivity contribution in [3.05, 3.63) is 59.1 Å². The Morgan fingerprint density at radius 1 is 1.31 bits per heavy atom. The van der Waals surface area contributed by atoms with Crippen LogP contribution in [0, 0.1) is 0 Å². The number of hydrogen-bond acceptors (Lipinski definition) is 4. The lowest BCUT2D eigenvalue weighted by atomic mass is 10.1. The Morgan fingerprint density at radius 2 is 2.08 bits per heavy atom. The summed E-state index contributed by atoms with van der Waals surface area (Å²) in [7, 11) is 1.52. The maximum atomic E-state index is 12.7. The van der Waals surface area contributed by atoms with Crippen LogP contribution < -0.4 is 10.1 Å². The second-order valence-corrected chi connectivity index (χ2v) is 6.28. The zero-order chi connectivity index (χ0) is 18.5. The summed E-state index contributed by atoms with van der Waals surface area (Å²) >= 11 is 6.09. The number of halogens is 1. The van der Waals surface area contributed by atoms with Gasteiger partial charge >= 0.3 is 0 Å². The van der Waals surface area contributed by atoms with Crippen molar-refractivity contribution in [1.29, 1.82) is 0 Å². The smallest absolute Gasteiger partial charge is 0.249 e. The SMILES string of the molecule is COc1ccc(NC(=O)C2COCC(=O)N2Cc2ccccc2)cc1Cl. The molecule has 1 heterocycles. The highest BCUT2D eigenvalue weighted by atomic mass is 35.5. The molecule has 6 nitrogen and oxygen atoms in total. The van der Waals surface area contributed by atoms with Crippen molar-refractivity contribution in [2.75, 3.05) is 25.6 Å². The van der Waals surface area contributed by atoms with Crippen molar-refractivity contribution in [2.45, 2.75) is 12.6 Å². The van der Waals surface area contributed by atoms with Gasteiger partial charge in [-0.3, -0.25) is 9.59 Å². The highest BCUT2D eigenvalue weighted by Crippen LogP contribution is 2.27. The summed E-state index contributed by atoms with van der Waals surface area (Å²) in [6.07, 6.45) is 0. The molecule has 7 heteroatoms. The summed E-state index contributed by atoms with van der Waals surface area (Å²) in [5, 5.41) is 3.18. The normalized spacial score (nSPS) is 17.1. The molecule has 1 atom stereocenters. The van der Waals surface area contributed by atoms with E-state index < -0.39 is 6.04 Å². The Kier molecular flexibility index (Phi) is 5.75. The third-order valence-corrected chi connectivity index (χ3v) is 4.41. The van der Waals surface area contributed by atoms with E-state index in [0.29, 0.717) is 23.0 Å². The molecule has 1 aliphatic rings. The minimum atomic E-state index is -0.711. The van der Waals surface area contributed by atoms with Gasteiger partial charge in [0.1, 0.15) is 18.4 Å². The summed E-state index contributed by atoms with van der Waals surface area (Å²) in [6, 6.07) is 13.8. The van der Waals surface area contributed by atoms with Crippen molar-refractivity contribution in [3.8, 4) is 5.75 Å². The van der Waals surface area contributed by atoms with Gasteiger partial charge in [-0.15, -0.1) is 0 Å². The molecule has 1 saturated heterocycles.